The van der Waals surface area contributed by atoms with Crippen molar-refractivity contribution in [1.29, 1.82) is 0 Å². The molecule has 0 bridgehead atoms. The molecular formula is C12H17F2NOS. The molecule has 0 heterocycles. The number of benzene rings is 1. The average molecular weight is 261 g/mol. The van der Waals surface area contributed by atoms with Gasteiger partial charge in [-0.25, -0.2) is 8.78 Å². The first-order valence-corrected chi connectivity index (χ1v) is 6.46. The quantitative estimate of drug-likeness (QED) is 0.771. The Morgan fingerprint density at radius 3 is 2.53 bits per heavy atom. The lowest BCUT2D eigenvalue weighted by molar-refractivity contribution is 0.247. The molecule has 0 spiro atoms. The molecule has 1 rings (SSSR count). The van der Waals surface area contributed by atoms with Crippen LogP contribution in [0.25, 0.3) is 0 Å². The molecule has 0 radical (unpaired) electrons. The van der Waals surface area contributed by atoms with Gasteiger partial charge in [0, 0.05) is 22.7 Å². The second-order valence-corrected chi connectivity index (χ2v) is 5.18. The number of rotatable bonds is 6. The van der Waals surface area contributed by atoms with Crippen LogP contribution in [-0.4, -0.2) is 29.5 Å². The maximum Gasteiger partial charge on any atom is 0.159 e. The monoisotopic (exact) mass is 261 g/mol. The van der Waals surface area contributed by atoms with Gasteiger partial charge in [0.15, 0.2) is 11.6 Å². The third-order valence-electron chi connectivity index (χ3n) is 2.13. The van der Waals surface area contributed by atoms with E-state index in [-0.39, 0.29) is 18.7 Å². The van der Waals surface area contributed by atoms with Crippen LogP contribution in [0.2, 0.25) is 0 Å². The number of aliphatic hydroxyl groups excluding tert-OH is 1. The van der Waals surface area contributed by atoms with Crippen molar-refractivity contribution in [3.05, 3.63) is 29.8 Å². The normalized spacial score (nSPS) is 13.1. The standard InChI is InChI=1S/C12H17F2NOS/c1-8(2)15-9(6-16)7-17-10-3-4-11(13)12(14)5-10/h3-5,8-9,15-16H,6-7H2,1-2H3. The predicted molar refractivity (Wildman–Crippen MR) is 66.2 cm³/mol. The molecule has 0 amide bonds. The fourth-order valence-corrected chi connectivity index (χ4v) is 2.33. The smallest absolute Gasteiger partial charge is 0.159 e. The van der Waals surface area contributed by atoms with Crippen LogP contribution in [0.1, 0.15) is 13.8 Å². The van der Waals surface area contributed by atoms with E-state index in [0.29, 0.717) is 10.6 Å². The van der Waals surface area contributed by atoms with Gasteiger partial charge in [-0.3, -0.25) is 0 Å². The van der Waals surface area contributed by atoms with Crippen molar-refractivity contribution in [2.75, 3.05) is 12.4 Å². The van der Waals surface area contributed by atoms with Gasteiger partial charge in [-0.05, 0) is 18.2 Å². The van der Waals surface area contributed by atoms with Gasteiger partial charge in [0.2, 0.25) is 0 Å². The molecule has 0 aliphatic carbocycles. The van der Waals surface area contributed by atoms with E-state index in [1.165, 1.54) is 23.9 Å². The van der Waals surface area contributed by atoms with E-state index in [0.717, 1.165) is 6.07 Å². The molecular weight excluding hydrogens is 244 g/mol. The highest BCUT2D eigenvalue weighted by Gasteiger charge is 2.10. The fourth-order valence-electron chi connectivity index (χ4n) is 1.39. The Morgan fingerprint density at radius 1 is 1.29 bits per heavy atom. The minimum atomic E-state index is -0.840. The van der Waals surface area contributed by atoms with Crippen molar-refractivity contribution in [2.24, 2.45) is 0 Å². The van der Waals surface area contributed by atoms with Gasteiger partial charge in [-0.1, -0.05) is 13.8 Å². The van der Waals surface area contributed by atoms with Crippen LogP contribution in [0.5, 0.6) is 0 Å². The van der Waals surface area contributed by atoms with Gasteiger partial charge in [-0.15, -0.1) is 11.8 Å². The van der Waals surface area contributed by atoms with Crippen molar-refractivity contribution in [2.45, 2.75) is 30.8 Å². The van der Waals surface area contributed by atoms with E-state index >= 15 is 0 Å². The van der Waals surface area contributed by atoms with Crippen molar-refractivity contribution in [3.8, 4) is 0 Å². The average Bonchev–Trinajstić information content (AvgIpc) is 2.28. The van der Waals surface area contributed by atoms with E-state index < -0.39 is 11.6 Å². The van der Waals surface area contributed by atoms with Gasteiger partial charge < -0.3 is 10.4 Å². The van der Waals surface area contributed by atoms with Crippen LogP contribution in [-0.2, 0) is 0 Å². The largest absolute Gasteiger partial charge is 0.395 e. The van der Waals surface area contributed by atoms with Crippen molar-refractivity contribution >= 4 is 11.8 Å². The third-order valence-corrected chi connectivity index (χ3v) is 3.29. The molecule has 0 aliphatic heterocycles. The maximum absolute atomic E-state index is 12.9. The molecule has 1 aromatic rings. The molecule has 2 nitrogen and oxygen atoms in total. The van der Waals surface area contributed by atoms with Gasteiger partial charge in [0.1, 0.15) is 0 Å². The topological polar surface area (TPSA) is 32.3 Å². The Kier molecular flexibility index (Phi) is 5.88. The summed E-state index contributed by atoms with van der Waals surface area (Å²) in [6.07, 6.45) is 0. The van der Waals surface area contributed by atoms with E-state index in [1.807, 2.05) is 13.8 Å². The van der Waals surface area contributed by atoms with Crippen LogP contribution >= 0.6 is 11.8 Å². The SMILES string of the molecule is CC(C)NC(CO)CSc1ccc(F)c(F)c1. The van der Waals surface area contributed by atoms with Crippen LogP contribution in [0, 0.1) is 11.6 Å². The first-order chi connectivity index (χ1) is 8.02. The molecule has 2 N–H and O–H groups in total. The van der Waals surface area contributed by atoms with Crippen molar-refractivity contribution < 1.29 is 13.9 Å². The highest BCUT2D eigenvalue weighted by atomic mass is 32.2. The molecule has 5 heteroatoms. The van der Waals surface area contributed by atoms with Gasteiger partial charge in [0.05, 0.1) is 6.61 Å². The van der Waals surface area contributed by atoms with Gasteiger partial charge >= 0.3 is 0 Å². The summed E-state index contributed by atoms with van der Waals surface area (Å²) in [5.74, 6) is -1.07. The summed E-state index contributed by atoms with van der Waals surface area (Å²) >= 11 is 1.39. The van der Waals surface area contributed by atoms with Crippen LogP contribution in [0.4, 0.5) is 8.78 Å². The van der Waals surface area contributed by atoms with E-state index in [1.54, 1.807) is 0 Å². The van der Waals surface area contributed by atoms with E-state index in [9.17, 15) is 8.78 Å². The number of aliphatic hydroxyl groups is 1. The maximum atomic E-state index is 12.9. The van der Waals surface area contributed by atoms with E-state index in [4.69, 9.17) is 5.11 Å². The zero-order valence-corrected chi connectivity index (χ0v) is 10.7. The Hall–Kier alpha value is -0.650. The molecule has 0 saturated heterocycles. The molecule has 17 heavy (non-hydrogen) atoms. The highest BCUT2D eigenvalue weighted by Crippen LogP contribution is 2.21. The zero-order chi connectivity index (χ0) is 12.8. The summed E-state index contributed by atoms with van der Waals surface area (Å²) in [6.45, 7) is 4.00. The van der Waals surface area contributed by atoms with Crippen LogP contribution in [0.15, 0.2) is 23.1 Å². The molecule has 1 unspecified atom stereocenters. The molecule has 0 aromatic heterocycles. The van der Waals surface area contributed by atoms with E-state index in [2.05, 4.69) is 5.32 Å². The Labute approximate surface area is 104 Å². The Morgan fingerprint density at radius 2 is 2.00 bits per heavy atom. The lowest BCUT2D eigenvalue weighted by atomic mass is 10.3. The third kappa shape index (κ3) is 5.02. The number of nitrogens with one attached hydrogen (secondary N) is 1. The summed E-state index contributed by atoms with van der Waals surface area (Å²) in [5.41, 5.74) is 0. The fraction of sp³-hybridized carbons (Fsp3) is 0.500. The van der Waals surface area contributed by atoms with Crippen molar-refractivity contribution in [3.63, 3.8) is 0 Å². The minimum absolute atomic E-state index is 0.0227. The minimum Gasteiger partial charge on any atom is -0.395 e. The summed E-state index contributed by atoms with van der Waals surface area (Å²) < 4.78 is 25.6. The van der Waals surface area contributed by atoms with Gasteiger partial charge in [0.25, 0.3) is 0 Å². The molecule has 0 aliphatic rings. The summed E-state index contributed by atoms with van der Waals surface area (Å²) in [7, 11) is 0. The summed E-state index contributed by atoms with van der Waals surface area (Å²) in [6, 6.07) is 4.05. The molecule has 1 atom stereocenters. The number of thioether (sulfide) groups is 1. The lowest BCUT2D eigenvalue weighted by Crippen LogP contribution is -2.39. The Bertz CT molecular complexity index is 360. The summed E-state index contributed by atoms with van der Waals surface area (Å²) in [4.78, 5) is 0.660. The molecule has 96 valence electrons. The number of halogens is 2. The first-order valence-electron chi connectivity index (χ1n) is 5.47. The predicted octanol–water partition coefficient (Wildman–Crippen LogP) is 2.42. The number of hydrogen-bond donors (Lipinski definition) is 2. The highest BCUT2D eigenvalue weighted by molar-refractivity contribution is 7.99. The zero-order valence-electron chi connectivity index (χ0n) is 9.91. The summed E-state index contributed by atoms with van der Waals surface area (Å²) in [5, 5.41) is 12.3. The first kappa shape index (κ1) is 14.4. The Balaban J connectivity index is 2.50. The molecule has 0 saturated carbocycles. The van der Waals surface area contributed by atoms with Gasteiger partial charge in [-0.2, -0.15) is 0 Å². The van der Waals surface area contributed by atoms with Crippen molar-refractivity contribution in [1.82, 2.24) is 5.32 Å². The molecule has 1 aromatic carbocycles. The van der Waals surface area contributed by atoms with Crippen LogP contribution < -0.4 is 5.32 Å². The second-order valence-electron chi connectivity index (χ2n) is 4.09. The number of hydrogen-bond acceptors (Lipinski definition) is 3. The molecule has 0 fully saturated rings. The second kappa shape index (κ2) is 6.93. The van der Waals surface area contributed by atoms with Crippen LogP contribution in [0.3, 0.4) is 0 Å². The lowest BCUT2D eigenvalue weighted by Gasteiger charge is -2.18.